The zero-order valence-electron chi connectivity index (χ0n) is 13.2. The number of carbonyl (C=O) groups excluding carboxylic acids is 1. The Morgan fingerprint density at radius 2 is 2.05 bits per heavy atom. The molecule has 1 amide bonds. The third kappa shape index (κ3) is 2.43. The smallest absolute Gasteiger partial charge is 0.251 e. The van der Waals surface area contributed by atoms with Crippen LogP contribution in [-0.4, -0.2) is 16.9 Å². The van der Waals surface area contributed by atoms with E-state index in [1.54, 1.807) is 0 Å². The van der Waals surface area contributed by atoms with Crippen molar-refractivity contribution in [1.82, 2.24) is 10.3 Å². The van der Waals surface area contributed by atoms with E-state index < -0.39 is 0 Å². The number of aromatic nitrogens is 1. The Kier molecular flexibility index (Phi) is 3.44. The lowest BCUT2D eigenvalue weighted by atomic mass is 9.87. The number of benzene rings is 1. The Balaban J connectivity index is 1.64. The Morgan fingerprint density at radius 3 is 2.86 bits per heavy atom. The van der Waals surface area contributed by atoms with Gasteiger partial charge < -0.3 is 10.3 Å². The van der Waals surface area contributed by atoms with Crippen molar-refractivity contribution in [3.8, 4) is 0 Å². The Morgan fingerprint density at radius 1 is 1.23 bits per heavy atom. The average molecular weight is 296 g/mol. The van der Waals surface area contributed by atoms with Crippen LogP contribution in [0.15, 0.2) is 18.2 Å². The molecule has 1 aromatic carbocycles. The molecule has 0 radical (unpaired) electrons. The van der Waals surface area contributed by atoms with E-state index >= 15 is 0 Å². The van der Waals surface area contributed by atoms with E-state index in [1.165, 1.54) is 41.4 Å². The van der Waals surface area contributed by atoms with E-state index in [-0.39, 0.29) is 5.91 Å². The van der Waals surface area contributed by atoms with E-state index in [0.717, 1.165) is 37.2 Å². The zero-order chi connectivity index (χ0) is 15.1. The monoisotopic (exact) mass is 296 g/mol. The van der Waals surface area contributed by atoms with Crippen molar-refractivity contribution in [2.24, 2.45) is 5.92 Å². The normalized spacial score (nSPS) is 22.0. The number of carbonyl (C=O) groups is 1. The van der Waals surface area contributed by atoms with Gasteiger partial charge in [-0.2, -0.15) is 0 Å². The summed E-state index contributed by atoms with van der Waals surface area (Å²) in [5.41, 5.74) is 4.79. The van der Waals surface area contributed by atoms with Gasteiger partial charge in [0.1, 0.15) is 0 Å². The fourth-order valence-corrected chi connectivity index (χ4v) is 4.07. The Hall–Kier alpha value is -1.77. The number of hydrogen-bond acceptors (Lipinski definition) is 1. The van der Waals surface area contributed by atoms with Crippen molar-refractivity contribution in [1.29, 1.82) is 0 Å². The second kappa shape index (κ2) is 5.45. The standard InChI is InChI=1S/C19H24N2O/c1-12-6-8-17-15(10-12)16-11-13(7-9-18(16)21-17)19(22)20-14-4-2-3-5-14/h7,9,11-12,14,21H,2-6,8,10H2,1H3,(H,20,22)/t12-/m0/s1. The fraction of sp³-hybridized carbons (Fsp3) is 0.526. The van der Waals surface area contributed by atoms with Gasteiger partial charge in [-0.15, -0.1) is 0 Å². The van der Waals surface area contributed by atoms with E-state index in [0.29, 0.717) is 6.04 Å². The summed E-state index contributed by atoms with van der Waals surface area (Å²) in [7, 11) is 0. The van der Waals surface area contributed by atoms with Gasteiger partial charge in [0.2, 0.25) is 0 Å². The summed E-state index contributed by atoms with van der Waals surface area (Å²) in [5.74, 6) is 0.829. The van der Waals surface area contributed by atoms with Crippen molar-refractivity contribution in [3.05, 3.63) is 35.0 Å². The largest absolute Gasteiger partial charge is 0.358 e. The van der Waals surface area contributed by atoms with Crippen LogP contribution in [0.1, 0.15) is 60.6 Å². The molecule has 0 bridgehead atoms. The molecular formula is C19H24N2O. The first-order valence-electron chi connectivity index (χ1n) is 8.65. The molecule has 2 aromatic rings. The summed E-state index contributed by atoms with van der Waals surface area (Å²) in [6.07, 6.45) is 8.27. The molecular weight excluding hydrogens is 272 g/mol. The summed E-state index contributed by atoms with van der Waals surface area (Å²) < 4.78 is 0. The van der Waals surface area contributed by atoms with Crippen molar-refractivity contribution in [3.63, 3.8) is 0 Å². The van der Waals surface area contributed by atoms with Crippen molar-refractivity contribution >= 4 is 16.8 Å². The van der Waals surface area contributed by atoms with Gasteiger partial charge in [0.15, 0.2) is 0 Å². The molecule has 1 atom stereocenters. The van der Waals surface area contributed by atoms with Crippen LogP contribution < -0.4 is 5.32 Å². The van der Waals surface area contributed by atoms with E-state index in [9.17, 15) is 4.79 Å². The first kappa shape index (κ1) is 13.9. The van der Waals surface area contributed by atoms with Crippen molar-refractivity contribution in [2.75, 3.05) is 0 Å². The highest BCUT2D eigenvalue weighted by Gasteiger charge is 2.22. The van der Waals surface area contributed by atoms with Gasteiger partial charge in [-0.25, -0.2) is 0 Å². The second-order valence-electron chi connectivity index (χ2n) is 7.15. The molecule has 4 rings (SSSR count). The molecule has 1 fully saturated rings. The van der Waals surface area contributed by atoms with Gasteiger partial charge in [-0.05, 0) is 61.8 Å². The number of amides is 1. The third-order valence-corrected chi connectivity index (χ3v) is 5.39. The maximum atomic E-state index is 12.5. The van der Waals surface area contributed by atoms with Crippen LogP contribution >= 0.6 is 0 Å². The number of nitrogens with one attached hydrogen (secondary N) is 2. The predicted molar refractivity (Wildman–Crippen MR) is 89.2 cm³/mol. The number of aromatic amines is 1. The maximum absolute atomic E-state index is 12.5. The van der Waals surface area contributed by atoms with Crippen LogP contribution in [0.2, 0.25) is 0 Å². The van der Waals surface area contributed by atoms with Gasteiger partial charge >= 0.3 is 0 Å². The first-order valence-corrected chi connectivity index (χ1v) is 8.65. The molecule has 2 aliphatic carbocycles. The van der Waals surface area contributed by atoms with E-state index in [1.807, 2.05) is 6.07 Å². The summed E-state index contributed by atoms with van der Waals surface area (Å²) >= 11 is 0. The number of aryl methyl sites for hydroxylation is 1. The lowest BCUT2D eigenvalue weighted by Crippen LogP contribution is -2.32. The van der Waals surface area contributed by atoms with Gasteiger partial charge in [-0.3, -0.25) is 4.79 Å². The minimum absolute atomic E-state index is 0.0904. The predicted octanol–water partition coefficient (Wildman–Crippen LogP) is 3.97. The van der Waals surface area contributed by atoms with Crippen LogP contribution in [0.25, 0.3) is 10.9 Å². The summed E-state index contributed by atoms with van der Waals surface area (Å²) in [6.45, 7) is 2.32. The van der Waals surface area contributed by atoms with Crippen LogP contribution in [0, 0.1) is 5.92 Å². The minimum Gasteiger partial charge on any atom is -0.358 e. The van der Waals surface area contributed by atoms with Crippen molar-refractivity contribution < 1.29 is 4.79 Å². The lowest BCUT2D eigenvalue weighted by Gasteiger charge is -2.18. The average Bonchev–Trinajstić information content (AvgIpc) is 3.14. The quantitative estimate of drug-likeness (QED) is 0.865. The SMILES string of the molecule is C[C@H]1CCc2[nH]c3ccc(C(=O)NC4CCCC4)cc3c2C1. The molecule has 2 aliphatic rings. The molecule has 1 heterocycles. The number of hydrogen-bond donors (Lipinski definition) is 2. The Bertz CT molecular complexity index is 710. The molecule has 3 nitrogen and oxygen atoms in total. The number of fused-ring (bicyclic) bond motifs is 3. The molecule has 2 N–H and O–H groups in total. The molecule has 3 heteroatoms. The molecule has 1 saturated carbocycles. The Labute approximate surface area is 131 Å². The van der Waals surface area contributed by atoms with Crippen LogP contribution in [0.4, 0.5) is 0 Å². The number of rotatable bonds is 2. The highest BCUT2D eigenvalue weighted by molar-refractivity contribution is 5.99. The zero-order valence-corrected chi connectivity index (χ0v) is 13.2. The van der Waals surface area contributed by atoms with Crippen molar-refractivity contribution in [2.45, 2.75) is 57.9 Å². The first-order chi connectivity index (χ1) is 10.7. The van der Waals surface area contributed by atoms with Gasteiger partial charge in [0.05, 0.1) is 0 Å². The van der Waals surface area contributed by atoms with Gasteiger partial charge in [-0.1, -0.05) is 19.8 Å². The van der Waals surface area contributed by atoms with Crippen LogP contribution in [-0.2, 0) is 12.8 Å². The molecule has 22 heavy (non-hydrogen) atoms. The molecule has 0 unspecified atom stereocenters. The third-order valence-electron chi connectivity index (χ3n) is 5.39. The topological polar surface area (TPSA) is 44.9 Å². The van der Waals surface area contributed by atoms with Gasteiger partial charge in [0.25, 0.3) is 5.91 Å². The second-order valence-corrected chi connectivity index (χ2v) is 7.15. The van der Waals surface area contributed by atoms with Crippen LogP contribution in [0.3, 0.4) is 0 Å². The molecule has 116 valence electrons. The highest BCUT2D eigenvalue weighted by atomic mass is 16.1. The maximum Gasteiger partial charge on any atom is 0.251 e. The molecule has 0 saturated heterocycles. The lowest BCUT2D eigenvalue weighted by molar-refractivity contribution is 0.0938. The molecule has 0 aliphatic heterocycles. The van der Waals surface area contributed by atoms with Crippen LogP contribution in [0.5, 0.6) is 0 Å². The minimum atomic E-state index is 0.0904. The van der Waals surface area contributed by atoms with E-state index in [4.69, 9.17) is 0 Å². The molecule has 0 spiro atoms. The van der Waals surface area contributed by atoms with Gasteiger partial charge in [0, 0.05) is 28.2 Å². The molecule has 1 aromatic heterocycles. The summed E-state index contributed by atoms with van der Waals surface area (Å²) in [6, 6.07) is 6.50. The summed E-state index contributed by atoms with van der Waals surface area (Å²) in [4.78, 5) is 16.0. The fourth-order valence-electron chi connectivity index (χ4n) is 4.07. The van der Waals surface area contributed by atoms with E-state index in [2.05, 4.69) is 29.4 Å². The summed E-state index contributed by atoms with van der Waals surface area (Å²) in [5, 5.41) is 4.44. The highest BCUT2D eigenvalue weighted by Crippen LogP contribution is 2.32. The number of H-pyrrole nitrogens is 1.